The Morgan fingerprint density at radius 1 is 1.21 bits per heavy atom. The first kappa shape index (κ1) is 11.3. The molecule has 1 aromatic carbocycles. The van der Waals surface area contributed by atoms with Gasteiger partial charge in [-0.2, -0.15) is 0 Å². The summed E-state index contributed by atoms with van der Waals surface area (Å²) in [6.07, 6.45) is 3.94. The lowest BCUT2D eigenvalue weighted by atomic mass is 10.0. The van der Waals surface area contributed by atoms with E-state index in [1.165, 1.54) is 29.4 Å². The van der Waals surface area contributed by atoms with E-state index in [4.69, 9.17) is 4.98 Å². The molecule has 1 saturated carbocycles. The molecule has 1 aliphatic carbocycles. The van der Waals surface area contributed by atoms with Crippen LogP contribution in [-0.4, -0.2) is 11.0 Å². The molecule has 2 heteroatoms. The van der Waals surface area contributed by atoms with E-state index in [0.29, 0.717) is 12.0 Å². The molecule has 1 unspecified atom stereocenters. The highest BCUT2D eigenvalue weighted by atomic mass is 15.1. The molecule has 0 saturated heterocycles. The Kier molecular flexibility index (Phi) is 2.35. The van der Waals surface area contributed by atoms with Crippen LogP contribution in [0.15, 0.2) is 24.3 Å². The molecule has 0 bridgehead atoms. The molecule has 1 N–H and O–H groups in total. The minimum atomic E-state index is 0.562. The molecule has 0 amide bonds. The third kappa shape index (κ3) is 1.90. The fraction of sp³-hybridized carbons (Fsp3) is 0.471. The standard InChI is InChI=1S/C17H20N2/c1-10(2)12-5-6-13-7-14-9-15(11-3-4-11)18-17(14)19-16(13)8-12/h5-8,10-11,15H,3-4,9H2,1-2H3,(H,18,19). The van der Waals surface area contributed by atoms with Gasteiger partial charge in [-0.3, -0.25) is 0 Å². The molecule has 98 valence electrons. The minimum Gasteiger partial charge on any atom is -0.366 e. The van der Waals surface area contributed by atoms with Gasteiger partial charge < -0.3 is 5.32 Å². The molecule has 1 atom stereocenters. The Hall–Kier alpha value is -1.57. The molecule has 2 aromatic rings. The first-order valence-electron chi connectivity index (χ1n) is 7.41. The van der Waals surface area contributed by atoms with Crippen molar-refractivity contribution in [2.75, 3.05) is 5.32 Å². The normalized spacial score (nSPS) is 21.7. The molecular formula is C17H20N2. The highest BCUT2D eigenvalue weighted by molar-refractivity contribution is 5.83. The molecule has 19 heavy (non-hydrogen) atoms. The van der Waals surface area contributed by atoms with Crippen molar-refractivity contribution >= 4 is 16.7 Å². The summed E-state index contributed by atoms with van der Waals surface area (Å²) in [5, 5.41) is 4.91. The summed E-state index contributed by atoms with van der Waals surface area (Å²) in [6.45, 7) is 4.46. The Bertz CT molecular complexity index is 641. The fourth-order valence-electron chi connectivity index (χ4n) is 3.11. The molecular weight excluding hydrogens is 232 g/mol. The topological polar surface area (TPSA) is 24.9 Å². The lowest BCUT2D eigenvalue weighted by Gasteiger charge is -2.09. The lowest BCUT2D eigenvalue weighted by molar-refractivity contribution is 0.659. The van der Waals surface area contributed by atoms with Gasteiger partial charge >= 0.3 is 0 Å². The maximum Gasteiger partial charge on any atom is 0.130 e. The molecule has 2 aliphatic rings. The van der Waals surface area contributed by atoms with Crippen LogP contribution in [0.3, 0.4) is 0 Å². The van der Waals surface area contributed by atoms with Crippen LogP contribution in [0.5, 0.6) is 0 Å². The van der Waals surface area contributed by atoms with Crippen LogP contribution in [-0.2, 0) is 6.42 Å². The number of hydrogen-bond acceptors (Lipinski definition) is 2. The first-order chi connectivity index (χ1) is 9.20. The highest BCUT2D eigenvalue weighted by Crippen LogP contribution is 2.40. The second-order valence-electron chi connectivity index (χ2n) is 6.40. The monoisotopic (exact) mass is 252 g/mol. The van der Waals surface area contributed by atoms with Crippen molar-refractivity contribution in [3.63, 3.8) is 0 Å². The van der Waals surface area contributed by atoms with E-state index in [1.54, 1.807) is 0 Å². The molecule has 1 aliphatic heterocycles. The first-order valence-corrected chi connectivity index (χ1v) is 7.41. The van der Waals surface area contributed by atoms with Crippen LogP contribution >= 0.6 is 0 Å². The van der Waals surface area contributed by atoms with Crippen LogP contribution in [0.2, 0.25) is 0 Å². The van der Waals surface area contributed by atoms with Gasteiger partial charge in [-0.05, 0) is 54.4 Å². The van der Waals surface area contributed by atoms with Gasteiger partial charge in [0.15, 0.2) is 0 Å². The van der Waals surface area contributed by atoms with E-state index in [9.17, 15) is 0 Å². The van der Waals surface area contributed by atoms with Crippen LogP contribution in [0.1, 0.15) is 43.7 Å². The van der Waals surface area contributed by atoms with Crippen molar-refractivity contribution in [3.05, 3.63) is 35.4 Å². The molecule has 1 fully saturated rings. The maximum atomic E-state index is 4.85. The van der Waals surface area contributed by atoms with E-state index in [2.05, 4.69) is 43.4 Å². The second-order valence-corrected chi connectivity index (χ2v) is 6.40. The van der Waals surface area contributed by atoms with Gasteiger partial charge in [0.25, 0.3) is 0 Å². The smallest absolute Gasteiger partial charge is 0.130 e. The number of pyridine rings is 1. The largest absolute Gasteiger partial charge is 0.366 e. The summed E-state index contributed by atoms with van der Waals surface area (Å²) in [5.74, 6) is 2.58. The maximum absolute atomic E-state index is 4.85. The summed E-state index contributed by atoms with van der Waals surface area (Å²) >= 11 is 0. The average molecular weight is 252 g/mol. The summed E-state index contributed by atoms with van der Waals surface area (Å²) in [4.78, 5) is 4.85. The SMILES string of the molecule is CC(C)c1ccc2cc3c(nc2c1)NC(C1CC1)C3. The average Bonchev–Trinajstić information content (AvgIpc) is 3.16. The summed E-state index contributed by atoms with van der Waals surface area (Å²) in [6, 6.07) is 9.68. The molecule has 2 nitrogen and oxygen atoms in total. The number of hydrogen-bond donors (Lipinski definition) is 1. The molecule has 1 aromatic heterocycles. The Morgan fingerprint density at radius 3 is 2.79 bits per heavy atom. The van der Waals surface area contributed by atoms with Gasteiger partial charge in [-0.25, -0.2) is 4.98 Å². The number of rotatable bonds is 2. The van der Waals surface area contributed by atoms with E-state index >= 15 is 0 Å². The lowest BCUT2D eigenvalue weighted by Crippen LogP contribution is -2.17. The number of nitrogens with one attached hydrogen (secondary N) is 1. The predicted octanol–water partition coefficient (Wildman–Crippen LogP) is 4.10. The van der Waals surface area contributed by atoms with E-state index in [-0.39, 0.29) is 0 Å². The van der Waals surface area contributed by atoms with Crippen molar-refractivity contribution < 1.29 is 0 Å². The Labute approximate surface area is 114 Å². The molecule has 4 rings (SSSR count). The zero-order chi connectivity index (χ0) is 13.0. The predicted molar refractivity (Wildman–Crippen MR) is 79.7 cm³/mol. The van der Waals surface area contributed by atoms with Gasteiger partial charge in [-0.1, -0.05) is 26.0 Å². The number of anilines is 1. The Morgan fingerprint density at radius 2 is 2.05 bits per heavy atom. The summed E-state index contributed by atoms with van der Waals surface area (Å²) in [7, 11) is 0. The van der Waals surface area contributed by atoms with Crippen LogP contribution < -0.4 is 5.32 Å². The zero-order valence-electron chi connectivity index (χ0n) is 11.6. The molecule has 2 heterocycles. The van der Waals surface area contributed by atoms with Crippen molar-refractivity contribution in [1.29, 1.82) is 0 Å². The van der Waals surface area contributed by atoms with E-state index in [1.807, 2.05) is 0 Å². The molecule has 0 radical (unpaired) electrons. The number of fused-ring (bicyclic) bond motifs is 2. The summed E-state index contributed by atoms with van der Waals surface area (Å²) < 4.78 is 0. The minimum absolute atomic E-state index is 0.562. The quantitative estimate of drug-likeness (QED) is 0.870. The van der Waals surface area contributed by atoms with Crippen molar-refractivity contribution in [2.24, 2.45) is 5.92 Å². The van der Waals surface area contributed by atoms with Crippen LogP contribution in [0.4, 0.5) is 5.82 Å². The molecule has 0 spiro atoms. The van der Waals surface area contributed by atoms with E-state index < -0.39 is 0 Å². The van der Waals surface area contributed by atoms with Crippen molar-refractivity contribution in [3.8, 4) is 0 Å². The zero-order valence-corrected chi connectivity index (χ0v) is 11.6. The number of aromatic nitrogens is 1. The van der Waals surface area contributed by atoms with Crippen LogP contribution in [0, 0.1) is 5.92 Å². The van der Waals surface area contributed by atoms with Gasteiger partial charge in [0.2, 0.25) is 0 Å². The van der Waals surface area contributed by atoms with E-state index in [0.717, 1.165) is 23.7 Å². The summed E-state index contributed by atoms with van der Waals surface area (Å²) in [5.41, 5.74) is 3.91. The van der Waals surface area contributed by atoms with Gasteiger partial charge in [0.1, 0.15) is 5.82 Å². The van der Waals surface area contributed by atoms with Crippen LogP contribution in [0.25, 0.3) is 10.9 Å². The number of nitrogens with zero attached hydrogens (tertiary/aromatic N) is 1. The van der Waals surface area contributed by atoms with Gasteiger partial charge in [-0.15, -0.1) is 0 Å². The van der Waals surface area contributed by atoms with Crippen molar-refractivity contribution in [1.82, 2.24) is 4.98 Å². The van der Waals surface area contributed by atoms with Crippen molar-refractivity contribution in [2.45, 2.75) is 45.1 Å². The third-order valence-corrected chi connectivity index (χ3v) is 4.54. The number of benzene rings is 1. The highest BCUT2D eigenvalue weighted by Gasteiger charge is 2.35. The van der Waals surface area contributed by atoms with Gasteiger partial charge in [0.05, 0.1) is 5.52 Å². The Balaban J connectivity index is 1.76. The fourth-order valence-corrected chi connectivity index (χ4v) is 3.11. The van der Waals surface area contributed by atoms with Gasteiger partial charge in [0, 0.05) is 11.4 Å². The second kappa shape index (κ2) is 3.96. The third-order valence-electron chi connectivity index (χ3n) is 4.54.